The van der Waals surface area contributed by atoms with Gasteiger partial charge in [0.15, 0.2) is 5.96 Å². The van der Waals surface area contributed by atoms with Crippen molar-refractivity contribution in [1.29, 1.82) is 0 Å². The standard InChI is InChI=1S/C19H26N4O.HI/c1-14-15(2)24-17(23-14)12-21-18(20-3)22-13-19(10-7-11-19)16-8-5-4-6-9-16;/h4-6,8-9H,7,10-13H2,1-3H3,(H2,20,21,22);1H. The molecule has 0 atom stereocenters. The van der Waals surface area contributed by atoms with Gasteiger partial charge in [-0.2, -0.15) is 0 Å². The summed E-state index contributed by atoms with van der Waals surface area (Å²) in [5, 5.41) is 6.75. The predicted molar refractivity (Wildman–Crippen MR) is 112 cm³/mol. The SMILES string of the molecule is CN=C(NCc1nc(C)c(C)o1)NCC1(c2ccccc2)CCC1.I. The van der Waals surface area contributed by atoms with E-state index in [0.717, 1.165) is 24.0 Å². The summed E-state index contributed by atoms with van der Waals surface area (Å²) >= 11 is 0. The largest absolute Gasteiger partial charge is 0.444 e. The number of rotatable bonds is 5. The molecule has 5 nitrogen and oxygen atoms in total. The number of oxazole rings is 1. The second kappa shape index (κ2) is 8.69. The molecule has 0 unspecified atom stereocenters. The Hall–Kier alpha value is -1.57. The molecule has 0 spiro atoms. The van der Waals surface area contributed by atoms with Gasteiger partial charge in [0.05, 0.1) is 12.2 Å². The molecule has 1 aliphatic carbocycles. The van der Waals surface area contributed by atoms with Gasteiger partial charge in [0.2, 0.25) is 5.89 Å². The summed E-state index contributed by atoms with van der Waals surface area (Å²) in [5.41, 5.74) is 2.58. The molecule has 25 heavy (non-hydrogen) atoms. The first-order chi connectivity index (χ1) is 11.6. The van der Waals surface area contributed by atoms with Crippen LogP contribution in [0.25, 0.3) is 0 Å². The third-order valence-electron chi connectivity index (χ3n) is 4.99. The number of guanidine groups is 1. The summed E-state index contributed by atoms with van der Waals surface area (Å²) in [6.07, 6.45) is 3.73. The molecule has 1 heterocycles. The molecule has 1 aromatic heterocycles. The minimum absolute atomic E-state index is 0. The van der Waals surface area contributed by atoms with Gasteiger partial charge in [-0.25, -0.2) is 4.98 Å². The van der Waals surface area contributed by atoms with E-state index in [2.05, 4.69) is 50.9 Å². The number of halogens is 1. The van der Waals surface area contributed by atoms with Crippen LogP contribution in [0.3, 0.4) is 0 Å². The average molecular weight is 454 g/mol. The predicted octanol–water partition coefficient (Wildman–Crippen LogP) is 3.70. The van der Waals surface area contributed by atoms with Gasteiger partial charge in [-0.05, 0) is 32.3 Å². The lowest BCUT2D eigenvalue weighted by Crippen LogP contribution is -2.48. The van der Waals surface area contributed by atoms with Gasteiger partial charge in [-0.1, -0.05) is 36.8 Å². The molecule has 1 aromatic carbocycles. The minimum Gasteiger partial charge on any atom is -0.444 e. The van der Waals surface area contributed by atoms with E-state index < -0.39 is 0 Å². The number of benzene rings is 1. The topological polar surface area (TPSA) is 62.5 Å². The van der Waals surface area contributed by atoms with Crippen LogP contribution in [-0.4, -0.2) is 24.5 Å². The van der Waals surface area contributed by atoms with Crippen LogP contribution in [-0.2, 0) is 12.0 Å². The van der Waals surface area contributed by atoms with Crippen LogP contribution in [0.2, 0.25) is 0 Å². The second-order valence-electron chi connectivity index (χ2n) is 6.53. The molecule has 0 amide bonds. The number of hydrogen-bond acceptors (Lipinski definition) is 3. The lowest BCUT2D eigenvalue weighted by atomic mass is 9.64. The van der Waals surface area contributed by atoms with Gasteiger partial charge in [0, 0.05) is 19.0 Å². The summed E-state index contributed by atoms with van der Waals surface area (Å²) in [6, 6.07) is 10.8. The van der Waals surface area contributed by atoms with E-state index in [-0.39, 0.29) is 29.4 Å². The van der Waals surface area contributed by atoms with Crippen molar-refractivity contribution in [1.82, 2.24) is 15.6 Å². The Morgan fingerprint density at radius 2 is 1.92 bits per heavy atom. The third-order valence-corrected chi connectivity index (χ3v) is 4.99. The van der Waals surface area contributed by atoms with E-state index in [1.54, 1.807) is 7.05 Å². The second-order valence-corrected chi connectivity index (χ2v) is 6.53. The van der Waals surface area contributed by atoms with E-state index in [9.17, 15) is 0 Å². The van der Waals surface area contributed by atoms with Crippen LogP contribution >= 0.6 is 24.0 Å². The molecule has 136 valence electrons. The molecule has 2 aromatic rings. The van der Waals surface area contributed by atoms with E-state index in [1.165, 1.54) is 24.8 Å². The highest BCUT2D eigenvalue weighted by Crippen LogP contribution is 2.43. The fourth-order valence-electron chi connectivity index (χ4n) is 3.21. The molecule has 3 rings (SSSR count). The number of aryl methyl sites for hydroxylation is 2. The number of aromatic nitrogens is 1. The lowest BCUT2D eigenvalue weighted by molar-refractivity contribution is 0.243. The van der Waals surface area contributed by atoms with Crippen LogP contribution in [0.1, 0.15) is 42.2 Å². The molecule has 0 bridgehead atoms. The van der Waals surface area contributed by atoms with Crippen molar-refractivity contribution in [2.24, 2.45) is 4.99 Å². The fourth-order valence-corrected chi connectivity index (χ4v) is 3.21. The number of nitrogens with zero attached hydrogens (tertiary/aromatic N) is 2. The average Bonchev–Trinajstić information content (AvgIpc) is 2.88. The van der Waals surface area contributed by atoms with Crippen LogP contribution in [0.4, 0.5) is 0 Å². The Balaban J connectivity index is 0.00000225. The quantitative estimate of drug-likeness (QED) is 0.411. The van der Waals surface area contributed by atoms with Crippen LogP contribution in [0.5, 0.6) is 0 Å². The number of nitrogens with one attached hydrogen (secondary N) is 2. The zero-order valence-electron chi connectivity index (χ0n) is 15.1. The van der Waals surface area contributed by atoms with Gasteiger partial charge in [0.1, 0.15) is 5.76 Å². The summed E-state index contributed by atoms with van der Waals surface area (Å²) < 4.78 is 5.60. The van der Waals surface area contributed by atoms with Crippen molar-refractivity contribution >= 4 is 29.9 Å². The number of aliphatic imine (C=N–C) groups is 1. The smallest absolute Gasteiger partial charge is 0.214 e. The molecule has 0 saturated heterocycles. The highest BCUT2D eigenvalue weighted by atomic mass is 127. The van der Waals surface area contributed by atoms with Crippen LogP contribution in [0, 0.1) is 13.8 Å². The maximum absolute atomic E-state index is 5.60. The summed E-state index contributed by atoms with van der Waals surface area (Å²) in [4.78, 5) is 8.70. The van der Waals surface area contributed by atoms with E-state index in [0.29, 0.717) is 12.4 Å². The first-order valence-corrected chi connectivity index (χ1v) is 8.56. The van der Waals surface area contributed by atoms with E-state index in [1.807, 2.05) is 13.8 Å². The van der Waals surface area contributed by atoms with Crippen LogP contribution < -0.4 is 10.6 Å². The lowest BCUT2D eigenvalue weighted by Gasteiger charge is -2.43. The van der Waals surface area contributed by atoms with E-state index >= 15 is 0 Å². The Morgan fingerprint density at radius 3 is 2.44 bits per heavy atom. The summed E-state index contributed by atoms with van der Waals surface area (Å²) in [6.45, 7) is 5.31. The van der Waals surface area contributed by atoms with Crippen molar-refractivity contribution in [3.63, 3.8) is 0 Å². The van der Waals surface area contributed by atoms with Crippen molar-refractivity contribution < 1.29 is 4.42 Å². The Labute approximate surface area is 166 Å². The zero-order valence-corrected chi connectivity index (χ0v) is 17.5. The normalized spacial score (nSPS) is 15.9. The Morgan fingerprint density at radius 1 is 1.20 bits per heavy atom. The molecule has 2 N–H and O–H groups in total. The zero-order chi connectivity index (χ0) is 17.0. The van der Waals surface area contributed by atoms with E-state index in [4.69, 9.17) is 4.42 Å². The van der Waals surface area contributed by atoms with Crippen molar-refractivity contribution in [2.45, 2.75) is 45.1 Å². The Bertz CT molecular complexity index is 688. The monoisotopic (exact) mass is 454 g/mol. The van der Waals surface area contributed by atoms with Crippen molar-refractivity contribution in [3.8, 4) is 0 Å². The first-order valence-electron chi connectivity index (χ1n) is 8.56. The molecule has 1 saturated carbocycles. The van der Waals surface area contributed by atoms with Gasteiger partial charge < -0.3 is 15.1 Å². The van der Waals surface area contributed by atoms with Gasteiger partial charge >= 0.3 is 0 Å². The summed E-state index contributed by atoms with van der Waals surface area (Å²) in [5.74, 6) is 2.34. The Kier molecular flexibility index (Phi) is 6.87. The molecular weight excluding hydrogens is 427 g/mol. The highest BCUT2D eigenvalue weighted by molar-refractivity contribution is 14.0. The number of hydrogen-bond donors (Lipinski definition) is 2. The molecule has 0 aliphatic heterocycles. The molecule has 1 aliphatic rings. The van der Waals surface area contributed by atoms with Gasteiger partial charge in [-0.15, -0.1) is 24.0 Å². The molecule has 0 radical (unpaired) electrons. The molecule has 6 heteroatoms. The highest BCUT2D eigenvalue weighted by Gasteiger charge is 2.38. The summed E-state index contributed by atoms with van der Waals surface area (Å²) in [7, 11) is 1.79. The van der Waals surface area contributed by atoms with Gasteiger partial charge in [-0.3, -0.25) is 4.99 Å². The first kappa shape index (κ1) is 19.8. The maximum atomic E-state index is 5.60. The molecular formula is C19H27IN4O. The van der Waals surface area contributed by atoms with Gasteiger partial charge in [0.25, 0.3) is 0 Å². The van der Waals surface area contributed by atoms with Crippen molar-refractivity contribution in [2.75, 3.05) is 13.6 Å². The molecule has 1 fully saturated rings. The van der Waals surface area contributed by atoms with Crippen LogP contribution in [0.15, 0.2) is 39.7 Å². The third kappa shape index (κ3) is 4.54. The maximum Gasteiger partial charge on any atom is 0.214 e. The fraction of sp³-hybridized carbons (Fsp3) is 0.474. The van der Waals surface area contributed by atoms with Crippen molar-refractivity contribution in [3.05, 3.63) is 53.2 Å². The minimum atomic E-state index is 0.